The monoisotopic (exact) mass is 406 g/mol. The fourth-order valence-electron chi connectivity index (χ4n) is 3.53. The molecular formula is C23H20F2N4O. The number of carbonyl (C=O) groups excluding carboxylic acids is 1. The van der Waals surface area contributed by atoms with Gasteiger partial charge in [-0.25, -0.2) is 8.78 Å². The average Bonchev–Trinajstić information content (AvgIpc) is 3.07. The molecule has 0 fully saturated rings. The highest BCUT2D eigenvalue weighted by Gasteiger charge is 2.19. The van der Waals surface area contributed by atoms with Gasteiger partial charge in [0.1, 0.15) is 17.3 Å². The first-order chi connectivity index (χ1) is 14.5. The van der Waals surface area contributed by atoms with Crippen LogP contribution in [0.3, 0.4) is 0 Å². The lowest BCUT2D eigenvalue weighted by Gasteiger charge is -2.15. The lowest BCUT2D eigenvalue weighted by atomic mass is 10.2. The molecule has 0 spiro atoms. The molecule has 0 aliphatic heterocycles. The Balaban J connectivity index is 1.79. The van der Waals surface area contributed by atoms with Gasteiger partial charge in [-0.3, -0.25) is 9.78 Å². The van der Waals surface area contributed by atoms with Crippen LogP contribution in [0.4, 0.5) is 20.2 Å². The summed E-state index contributed by atoms with van der Waals surface area (Å²) in [6.07, 6.45) is 1.65. The molecule has 2 heterocycles. The zero-order valence-corrected chi connectivity index (χ0v) is 16.5. The van der Waals surface area contributed by atoms with Crippen molar-refractivity contribution in [3.63, 3.8) is 0 Å². The summed E-state index contributed by atoms with van der Waals surface area (Å²) in [5, 5.41) is 6.53. The summed E-state index contributed by atoms with van der Waals surface area (Å²) >= 11 is 0. The van der Waals surface area contributed by atoms with Gasteiger partial charge in [0, 0.05) is 30.7 Å². The summed E-state index contributed by atoms with van der Waals surface area (Å²) in [6, 6.07) is 13.9. The largest absolute Gasteiger partial charge is 0.386 e. The van der Waals surface area contributed by atoms with Gasteiger partial charge >= 0.3 is 0 Å². The molecule has 1 amide bonds. The maximum atomic E-state index is 13.8. The minimum atomic E-state index is -0.391. The Morgan fingerprint density at radius 1 is 1.07 bits per heavy atom. The molecule has 0 saturated heterocycles. The van der Waals surface area contributed by atoms with Crippen LogP contribution >= 0.6 is 0 Å². The first kappa shape index (κ1) is 19.6. The second-order valence-electron chi connectivity index (χ2n) is 6.97. The van der Waals surface area contributed by atoms with Crippen LogP contribution in [-0.2, 0) is 6.54 Å². The number of fused-ring (bicyclic) bond motifs is 1. The van der Waals surface area contributed by atoms with Crippen molar-refractivity contribution in [3.05, 3.63) is 89.4 Å². The Morgan fingerprint density at radius 2 is 1.87 bits per heavy atom. The molecule has 5 nitrogen and oxygen atoms in total. The molecular weight excluding hydrogens is 386 g/mol. The van der Waals surface area contributed by atoms with Crippen molar-refractivity contribution in [3.8, 4) is 0 Å². The highest BCUT2D eigenvalue weighted by Crippen LogP contribution is 2.27. The minimum Gasteiger partial charge on any atom is -0.386 e. The SMILES string of the molecule is CNc1ccnc(C)c1NC(=O)c1cc2cc(F)ccc2n1Cc1cccc(F)c1. The first-order valence-electron chi connectivity index (χ1n) is 9.44. The Morgan fingerprint density at radius 3 is 2.63 bits per heavy atom. The van der Waals surface area contributed by atoms with Gasteiger partial charge in [0.2, 0.25) is 0 Å². The van der Waals surface area contributed by atoms with Crippen LogP contribution in [0, 0.1) is 18.6 Å². The van der Waals surface area contributed by atoms with Gasteiger partial charge < -0.3 is 15.2 Å². The number of pyridine rings is 1. The van der Waals surface area contributed by atoms with Crippen molar-refractivity contribution < 1.29 is 13.6 Å². The van der Waals surface area contributed by atoms with E-state index in [2.05, 4.69) is 15.6 Å². The zero-order chi connectivity index (χ0) is 21.3. The number of nitrogens with zero attached hydrogens (tertiary/aromatic N) is 2. The van der Waals surface area contributed by atoms with Gasteiger partial charge in [-0.05, 0) is 55.0 Å². The van der Waals surface area contributed by atoms with Crippen LogP contribution in [0.5, 0.6) is 0 Å². The van der Waals surface area contributed by atoms with Crippen molar-refractivity contribution in [2.75, 3.05) is 17.7 Å². The summed E-state index contributed by atoms with van der Waals surface area (Å²) in [5.41, 5.74) is 3.68. The number of benzene rings is 2. The number of aryl methyl sites for hydroxylation is 1. The standard InChI is InChI=1S/C23H20F2N4O/c1-14-22(19(26-2)8-9-27-14)28-23(30)21-12-16-11-18(25)6-7-20(16)29(21)13-15-4-3-5-17(24)10-15/h3-12H,13H2,1-2H3,(H,26,27)(H,28,30). The topological polar surface area (TPSA) is 59.0 Å². The molecule has 0 aliphatic rings. The quantitative estimate of drug-likeness (QED) is 0.492. The highest BCUT2D eigenvalue weighted by molar-refractivity contribution is 6.08. The summed E-state index contributed by atoms with van der Waals surface area (Å²) in [5.74, 6) is -1.11. The van der Waals surface area contributed by atoms with E-state index in [0.717, 1.165) is 5.69 Å². The van der Waals surface area contributed by atoms with Gasteiger partial charge in [0.25, 0.3) is 5.91 Å². The van der Waals surface area contributed by atoms with Gasteiger partial charge in [-0.15, -0.1) is 0 Å². The van der Waals surface area contributed by atoms with E-state index >= 15 is 0 Å². The summed E-state index contributed by atoms with van der Waals surface area (Å²) in [4.78, 5) is 17.4. The summed E-state index contributed by atoms with van der Waals surface area (Å²) < 4.78 is 29.2. The van der Waals surface area contributed by atoms with Crippen molar-refractivity contribution in [1.29, 1.82) is 0 Å². The molecule has 0 saturated carbocycles. The van der Waals surface area contributed by atoms with Crippen LogP contribution in [-0.4, -0.2) is 22.5 Å². The smallest absolute Gasteiger partial charge is 0.272 e. The van der Waals surface area contributed by atoms with Gasteiger partial charge in [0.15, 0.2) is 0 Å². The van der Waals surface area contributed by atoms with Gasteiger partial charge in [-0.1, -0.05) is 12.1 Å². The number of aromatic nitrogens is 2. The Labute approximate surface area is 172 Å². The number of amides is 1. The average molecular weight is 406 g/mol. The highest BCUT2D eigenvalue weighted by atomic mass is 19.1. The van der Waals surface area contributed by atoms with E-state index < -0.39 is 5.82 Å². The normalized spacial score (nSPS) is 10.9. The summed E-state index contributed by atoms with van der Waals surface area (Å²) in [7, 11) is 1.76. The van der Waals surface area contributed by atoms with Gasteiger partial charge in [-0.2, -0.15) is 0 Å². The van der Waals surface area contributed by atoms with E-state index in [1.807, 2.05) is 0 Å². The fourth-order valence-corrected chi connectivity index (χ4v) is 3.53. The van der Waals surface area contributed by atoms with Crippen molar-refractivity contribution in [2.24, 2.45) is 0 Å². The Kier molecular flexibility index (Phi) is 5.18. The molecule has 4 rings (SSSR count). The molecule has 2 aromatic heterocycles. The molecule has 0 radical (unpaired) electrons. The predicted molar refractivity (Wildman–Crippen MR) is 114 cm³/mol. The number of hydrogen-bond donors (Lipinski definition) is 2. The van der Waals surface area contributed by atoms with E-state index in [0.29, 0.717) is 33.5 Å². The van der Waals surface area contributed by atoms with E-state index in [1.165, 1.54) is 24.3 Å². The van der Waals surface area contributed by atoms with E-state index in [1.54, 1.807) is 55.1 Å². The molecule has 152 valence electrons. The fraction of sp³-hybridized carbons (Fsp3) is 0.130. The Hall–Kier alpha value is -3.74. The third-order valence-electron chi connectivity index (χ3n) is 4.97. The molecule has 2 N–H and O–H groups in total. The Bertz CT molecular complexity index is 1250. The maximum absolute atomic E-state index is 13.8. The van der Waals surface area contributed by atoms with Gasteiger partial charge in [0.05, 0.1) is 17.1 Å². The number of nitrogens with one attached hydrogen (secondary N) is 2. The third-order valence-corrected chi connectivity index (χ3v) is 4.97. The predicted octanol–water partition coefficient (Wildman–Crippen LogP) is 4.97. The first-order valence-corrected chi connectivity index (χ1v) is 9.44. The van der Waals surface area contributed by atoms with E-state index in [-0.39, 0.29) is 18.3 Å². The second kappa shape index (κ2) is 7.94. The maximum Gasteiger partial charge on any atom is 0.272 e. The van der Waals surface area contributed by atoms with Crippen LogP contribution < -0.4 is 10.6 Å². The van der Waals surface area contributed by atoms with Crippen LogP contribution in [0.25, 0.3) is 10.9 Å². The molecule has 7 heteroatoms. The van der Waals surface area contributed by atoms with E-state index in [9.17, 15) is 13.6 Å². The number of carbonyl (C=O) groups is 1. The molecule has 0 unspecified atom stereocenters. The molecule has 0 atom stereocenters. The lowest BCUT2D eigenvalue weighted by Crippen LogP contribution is -2.19. The van der Waals surface area contributed by atoms with Crippen LogP contribution in [0.2, 0.25) is 0 Å². The minimum absolute atomic E-state index is 0.264. The van der Waals surface area contributed by atoms with Crippen LogP contribution in [0.1, 0.15) is 21.7 Å². The molecule has 2 aromatic carbocycles. The van der Waals surface area contributed by atoms with Crippen LogP contribution in [0.15, 0.2) is 60.8 Å². The lowest BCUT2D eigenvalue weighted by molar-refractivity contribution is 0.101. The molecule has 0 aliphatic carbocycles. The van der Waals surface area contributed by atoms with E-state index in [4.69, 9.17) is 0 Å². The van der Waals surface area contributed by atoms with Crippen molar-refractivity contribution in [1.82, 2.24) is 9.55 Å². The molecule has 4 aromatic rings. The van der Waals surface area contributed by atoms with Crippen molar-refractivity contribution in [2.45, 2.75) is 13.5 Å². The van der Waals surface area contributed by atoms with Crippen molar-refractivity contribution >= 4 is 28.2 Å². The summed E-state index contributed by atoms with van der Waals surface area (Å²) in [6.45, 7) is 2.06. The molecule has 30 heavy (non-hydrogen) atoms. The number of hydrogen-bond acceptors (Lipinski definition) is 3. The number of anilines is 2. The third kappa shape index (κ3) is 3.74. The number of halogens is 2. The zero-order valence-electron chi connectivity index (χ0n) is 16.5. The number of rotatable bonds is 5. The second-order valence-corrected chi connectivity index (χ2v) is 6.97. The molecule has 0 bridgehead atoms.